The van der Waals surface area contributed by atoms with Crippen LogP contribution in [0.3, 0.4) is 0 Å². The molecule has 8 heteroatoms. The topological polar surface area (TPSA) is 68.3 Å². The standard InChI is InChI=1S/C14H16BrClN2O3S/c1-22(19,20)7-6-21-5-4-17-13-2-3-18-14-11(13)8-10(15)9-12(14)16/h2-3,8-9H,4-7H2,1H3,(H,17,18). The number of rotatable bonds is 7. The summed E-state index contributed by atoms with van der Waals surface area (Å²) in [5, 5.41) is 4.74. The van der Waals surface area contributed by atoms with Crippen LogP contribution >= 0.6 is 27.5 Å². The van der Waals surface area contributed by atoms with Crippen molar-refractivity contribution in [1.82, 2.24) is 4.98 Å². The average molecular weight is 408 g/mol. The minimum atomic E-state index is -2.98. The molecule has 120 valence electrons. The van der Waals surface area contributed by atoms with Crippen LogP contribution in [0.25, 0.3) is 10.9 Å². The van der Waals surface area contributed by atoms with Crippen molar-refractivity contribution >= 4 is 54.0 Å². The highest BCUT2D eigenvalue weighted by Gasteiger charge is 2.07. The number of fused-ring (bicyclic) bond motifs is 1. The third-order valence-corrected chi connectivity index (χ3v) is 4.58. The number of benzene rings is 1. The van der Waals surface area contributed by atoms with Gasteiger partial charge >= 0.3 is 0 Å². The highest BCUT2D eigenvalue weighted by Crippen LogP contribution is 2.30. The monoisotopic (exact) mass is 406 g/mol. The van der Waals surface area contributed by atoms with Gasteiger partial charge in [-0.05, 0) is 18.2 Å². The number of sulfone groups is 1. The molecule has 1 aromatic heterocycles. The van der Waals surface area contributed by atoms with E-state index in [1.54, 1.807) is 12.3 Å². The van der Waals surface area contributed by atoms with Crippen LogP contribution in [0.4, 0.5) is 5.69 Å². The Bertz CT molecular complexity index is 768. The lowest BCUT2D eigenvalue weighted by atomic mass is 10.2. The van der Waals surface area contributed by atoms with Crippen molar-refractivity contribution in [2.75, 3.05) is 37.1 Å². The molecule has 0 saturated carbocycles. The lowest BCUT2D eigenvalue weighted by molar-refractivity contribution is 0.159. The largest absolute Gasteiger partial charge is 0.382 e. The van der Waals surface area contributed by atoms with E-state index in [9.17, 15) is 8.42 Å². The number of aromatic nitrogens is 1. The zero-order valence-corrected chi connectivity index (χ0v) is 15.1. The molecule has 0 aliphatic carbocycles. The summed E-state index contributed by atoms with van der Waals surface area (Å²) in [6.07, 6.45) is 2.88. The summed E-state index contributed by atoms with van der Waals surface area (Å²) in [7, 11) is -2.98. The molecule has 1 aromatic carbocycles. The minimum Gasteiger partial charge on any atom is -0.382 e. The second kappa shape index (κ2) is 7.59. The van der Waals surface area contributed by atoms with Crippen LogP contribution in [0.15, 0.2) is 28.9 Å². The molecule has 0 radical (unpaired) electrons. The summed E-state index contributed by atoms with van der Waals surface area (Å²) in [6, 6.07) is 5.61. The Morgan fingerprint density at radius 3 is 2.86 bits per heavy atom. The molecular weight excluding hydrogens is 392 g/mol. The molecule has 0 aliphatic rings. The maximum atomic E-state index is 11.0. The molecule has 0 amide bonds. The van der Waals surface area contributed by atoms with E-state index in [1.165, 1.54) is 6.26 Å². The van der Waals surface area contributed by atoms with Gasteiger partial charge in [0.15, 0.2) is 0 Å². The fourth-order valence-electron chi connectivity index (χ4n) is 1.90. The molecule has 5 nitrogen and oxygen atoms in total. The molecule has 2 aromatic rings. The molecule has 22 heavy (non-hydrogen) atoms. The van der Waals surface area contributed by atoms with E-state index in [0.29, 0.717) is 18.2 Å². The van der Waals surface area contributed by atoms with E-state index in [4.69, 9.17) is 16.3 Å². The van der Waals surface area contributed by atoms with E-state index < -0.39 is 9.84 Å². The van der Waals surface area contributed by atoms with Gasteiger partial charge in [-0.15, -0.1) is 0 Å². The summed E-state index contributed by atoms with van der Waals surface area (Å²) in [5.74, 6) is 0.0355. The summed E-state index contributed by atoms with van der Waals surface area (Å²) in [6.45, 7) is 1.18. The van der Waals surface area contributed by atoms with Gasteiger partial charge in [-0.2, -0.15) is 0 Å². The van der Waals surface area contributed by atoms with Gasteiger partial charge < -0.3 is 10.1 Å². The predicted molar refractivity (Wildman–Crippen MR) is 93.5 cm³/mol. The van der Waals surface area contributed by atoms with E-state index >= 15 is 0 Å². The smallest absolute Gasteiger partial charge is 0.149 e. The summed E-state index contributed by atoms with van der Waals surface area (Å²) in [4.78, 5) is 4.28. The van der Waals surface area contributed by atoms with E-state index in [0.717, 1.165) is 21.1 Å². The molecule has 0 saturated heterocycles. The first-order valence-electron chi connectivity index (χ1n) is 6.60. The molecule has 0 unspecified atom stereocenters. The van der Waals surface area contributed by atoms with Gasteiger partial charge in [0.05, 0.1) is 29.5 Å². The number of nitrogens with zero attached hydrogens (tertiary/aromatic N) is 1. The highest BCUT2D eigenvalue weighted by atomic mass is 79.9. The number of hydrogen-bond acceptors (Lipinski definition) is 5. The van der Waals surface area contributed by atoms with Gasteiger partial charge in [-0.3, -0.25) is 4.98 Å². The fourth-order valence-corrected chi connectivity index (χ4v) is 3.18. The first-order chi connectivity index (χ1) is 10.4. The van der Waals surface area contributed by atoms with Crippen molar-refractivity contribution in [2.45, 2.75) is 0 Å². The molecule has 0 spiro atoms. The third kappa shape index (κ3) is 5.08. The zero-order chi connectivity index (χ0) is 16.2. The highest BCUT2D eigenvalue weighted by molar-refractivity contribution is 9.10. The zero-order valence-electron chi connectivity index (χ0n) is 12.0. The molecule has 0 fully saturated rings. The molecule has 0 bridgehead atoms. The van der Waals surface area contributed by atoms with Gasteiger partial charge in [0, 0.05) is 34.5 Å². The van der Waals surface area contributed by atoms with Gasteiger partial charge in [0.25, 0.3) is 0 Å². The Hall–Kier alpha value is -0.890. The summed E-state index contributed by atoms with van der Waals surface area (Å²) in [5.41, 5.74) is 1.63. The molecule has 2 rings (SSSR count). The Kier molecular flexibility index (Phi) is 6.02. The Balaban J connectivity index is 1.95. The van der Waals surface area contributed by atoms with E-state index in [-0.39, 0.29) is 12.4 Å². The van der Waals surface area contributed by atoms with Crippen LogP contribution in [0.5, 0.6) is 0 Å². The maximum absolute atomic E-state index is 11.0. The molecular formula is C14H16BrClN2O3S. The molecule has 0 atom stereocenters. The van der Waals surface area contributed by atoms with Gasteiger partial charge in [0.2, 0.25) is 0 Å². The van der Waals surface area contributed by atoms with Gasteiger partial charge in [-0.25, -0.2) is 8.42 Å². The number of halogens is 2. The number of hydrogen-bond donors (Lipinski definition) is 1. The van der Waals surface area contributed by atoms with E-state index in [2.05, 4.69) is 26.2 Å². The Morgan fingerprint density at radius 1 is 1.36 bits per heavy atom. The Labute approximate surface area is 143 Å². The Morgan fingerprint density at radius 2 is 2.14 bits per heavy atom. The van der Waals surface area contributed by atoms with Crippen LogP contribution in [0.1, 0.15) is 0 Å². The molecule has 1 N–H and O–H groups in total. The lowest BCUT2D eigenvalue weighted by Crippen LogP contribution is -2.15. The van der Waals surface area contributed by atoms with Crippen molar-refractivity contribution in [1.29, 1.82) is 0 Å². The normalized spacial score (nSPS) is 11.8. The minimum absolute atomic E-state index is 0.0355. The SMILES string of the molecule is CS(=O)(=O)CCOCCNc1ccnc2c(Cl)cc(Br)cc12. The summed E-state index contributed by atoms with van der Waals surface area (Å²) >= 11 is 9.59. The van der Waals surface area contributed by atoms with Crippen molar-refractivity contribution < 1.29 is 13.2 Å². The quantitative estimate of drug-likeness (QED) is 0.714. The first-order valence-corrected chi connectivity index (χ1v) is 9.83. The van der Waals surface area contributed by atoms with Crippen LogP contribution in [-0.2, 0) is 14.6 Å². The van der Waals surface area contributed by atoms with Gasteiger partial charge in [0.1, 0.15) is 9.84 Å². The van der Waals surface area contributed by atoms with Crippen molar-refractivity contribution in [3.63, 3.8) is 0 Å². The third-order valence-electron chi connectivity index (χ3n) is 2.92. The van der Waals surface area contributed by atoms with Crippen LogP contribution in [0.2, 0.25) is 5.02 Å². The first kappa shape index (κ1) is 17.5. The maximum Gasteiger partial charge on any atom is 0.149 e. The van der Waals surface area contributed by atoms with Crippen molar-refractivity contribution in [3.05, 3.63) is 33.9 Å². The van der Waals surface area contributed by atoms with Gasteiger partial charge in [-0.1, -0.05) is 27.5 Å². The van der Waals surface area contributed by atoms with Crippen LogP contribution in [-0.4, -0.2) is 45.2 Å². The summed E-state index contributed by atoms with van der Waals surface area (Å²) < 4.78 is 28.1. The number of pyridine rings is 1. The number of ether oxygens (including phenoxy) is 1. The second-order valence-electron chi connectivity index (χ2n) is 4.81. The van der Waals surface area contributed by atoms with E-state index in [1.807, 2.05) is 12.1 Å². The average Bonchev–Trinajstić information content (AvgIpc) is 2.42. The fraction of sp³-hybridized carbons (Fsp3) is 0.357. The predicted octanol–water partition coefficient (Wildman–Crippen LogP) is 3.12. The van der Waals surface area contributed by atoms with Crippen molar-refractivity contribution in [2.24, 2.45) is 0 Å². The molecule has 0 aliphatic heterocycles. The second-order valence-corrected chi connectivity index (χ2v) is 8.39. The number of anilines is 1. The lowest BCUT2D eigenvalue weighted by Gasteiger charge is -2.11. The molecule has 1 heterocycles. The van der Waals surface area contributed by atoms with Crippen LogP contribution in [0, 0.1) is 0 Å². The number of nitrogens with one attached hydrogen (secondary N) is 1. The van der Waals surface area contributed by atoms with Crippen molar-refractivity contribution in [3.8, 4) is 0 Å². The van der Waals surface area contributed by atoms with Crippen LogP contribution < -0.4 is 5.32 Å².